The standard InChI is InChI=1S/C19H21ClN2O2/c20-17-12-21-6-5-18(17)24-19-11-14(13-22-7-9-23-10-8-22)15-3-1-2-4-16(15)19/h1-6,12,14,19H,7-11,13H2/t14-,19+/m0/s1. The fourth-order valence-corrected chi connectivity index (χ4v) is 3.84. The van der Waals surface area contributed by atoms with Crippen LogP contribution in [-0.4, -0.2) is 42.7 Å². The average Bonchev–Trinajstić information content (AvgIpc) is 2.96. The van der Waals surface area contributed by atoms with Gasteiger partial charge in [0.25, 0.3) is 0 Å². The average molecular weight is 345 g/mol. The largest absolute Gasteiger partial charge is 0.484 e. The minimum absolute atomic E-state index is 0.0483. The van der Waals surface area contributed by atoms with Crippen molar-refractivity contribution < 1.29 is 9.47 Å². The molecule has 2 heterocycles. The first kappa shape index (κ1) is 15.9. The maximum Gasteiger partial charge on any atom is 0.141 e. The number of benzene rings is 1. The van der Waals surface area contributed by atoms with Crippen molar-refractivity contribution in [3.63, 3.8) is 0 Å². The van der Waals surface area contributed by atoms with E-state index in [-0.39, 0.29) is 6.10 Å². The lowest BCUT2D eigenvalue weighted by molar-refractivity contribution is 0.0338. The second-order valence-corrected chi connectivity index (χ2v) is 6.79. The van der Waals surface area contributed by atoms with Crippen LogP contribution in [0.4, 0.5) is 0 Å². The van der Waals surface area contributed by atoms with Crippen molar-refractivity contribution in [1.82, 2.24) is 9.88 Å². The van der Waals surface area contributed by atoms with Crippen LogP contribution < -0.4 is 4.74 Å². The van der Waals surface area contributed by atoms with Crippen LogP contribution in [0.15, 0.2) is 42.7 Å². The number of fused-ring (bicyclic) bond motifs is 1. The Morgan fingerprint density at radius 1 is 1.17 bits per heavy atom. The van der Waals surface area contributed by atoms with Gasteiger partial charge < -0.3 is 9.47 Å². The fourth-order valence-electron chi connectivity index (χ4n) is 3.68. The van der Waals surface area contributed by atoms with Crippen molar-refractivity contribution in [2.24, 2.45) is 0 Å². The minimum atomic E-state index is 0.0483. The van der Waals surface area contributed by atoms with Gasteiger partial charge in [0.1, 0.15) is 16.9 Å². The maximum atomic E-state index is 6.24. The van der Waals surface area contributed by atoms with Gasteiger partial charge in [-0.25, -0.2) is 0 Å². The van der Waals surface area contributed by atoms with Gasteiger partial charge in [-0.15, -0.1) is 0 Å². The van der Waals surface area contributed by atoms with Gasteiger partial charge >= 0.3 is 0 Å². The van der Waals surface area contributed by atoms with Crippen molar-refractivity contribution in [2.75, 3.05) is 32.8 Å². The summed E-state index contributed by atoms with van der Waals surface area (Å²) < 4.78 is 11.7. The fraction of sp³-hybridized carbons (Fsp3) is 0.421. The number of rotatable bonds is 4. The first-order chi connectivity index (χ1) is 11.8. The molecule has 4 rings (SSSR count). The molecule has 1 fully saturated rings. The van der Waals surface area contributed by atoms with Crippen molar-refractivity contribution >= 4 is 11.6 Å². The summed E-state index contributed by atoms with van der Waals surface area (Å²) in [6, 6.07) is 10.4. The van der Waals surface area contributed by atoms with Crippen LogP contribution in [0.2, 0.25) is 5.02 Å². The van der Waals surface area contributed by atoms with E-state index < -0.39 is 0 Å². The highest BCUT2D eigenvalue weighted by molar-refractivity contribution is 6.31. The maximum absolute atomic E-state index is 6.24. The normalized spacial score (nSPS) is 23.9. The zero-order valence-corrected chi connectivity index (χ0v) is 14.3. The second-order valence-electron chi connectivity index (χ2n) is 6.39. The molecule has 0 unspecified atom stereocenters. The van der Waals surface area contributed by atoms with Gasteiger partial charge in [0.05, 0.1) is 13.2 Å². The van der Waals surface area contributed by atoms with Crippen LogP contribution in [0.3, 0.4) is 0 Å². The number of pyridine rings is 1. The minimum Gasteiger partial charge on any atom is -0.484 e. The third-order valence-electron chi connectivity index (χ3n) is 4.87. The highest BCUT2D eigenvalue weighted by Crippen LogP contribution is 2.43. The molecule has 0 radical (unpaired) electrons. The highest BCUT2D eigenvalue weighted by atomic mass is 35.5. The van der Waals surface area contributed by atoms with Gasteiger partial charge in [-0.05, 0) is 17.5 Å². The van der Waals surface area contributed by atoms with E-state index in [1.807, 2.05) is 6.07 Å². The number of aromatic nitrogens is 1. The van der Waals surface area contributed by atoms with Gasteiger partial charge in [0.15, 0.2) is 0 Å². The summed E-state index contributed by atoms with van der Waals surface area (Å²) in [6.07, 6.45) is 4.37. The first-order valence-corrected chi connectivity index (χ1v) is 8.84. The van der Waals surface area contributed by atoms with E-state index in [1.54, 1.807) is 12.4 Å². The zero-order valence-electron chi connectivity index (χ0n) is 13.5. The number of halogens is 1. The number of hydrogen-bond acceptors (Lipinski definition) is 4. The molecule has 4 nitrogen and oxygen atoms in total. The second kappa shape index (κ2) is 7.09. The SMILES string of the molecule is Clc1cnccc1O[C@@H]1C[C@@H](CN2CCOCC2)c2ccccc21. The van der Waals surface area contributed by atoms with Crippen LogP contribution in [0.25, 0.3) is 0 Å². The number of morpholine rings is 1. The van der Waals surface area contributed by atoms with E-state index in [0.29, 0.717) is 16.7 Å². The molecular formula is C19H21ClN2O2. The Labute approximate surface area is 147 Å². The first-order valence-electron chi connectivity index (χ1n) is 8.46. The molecule has 1 aromatic carbocycles. The predicted octanol–water partition coefficient (Wildman–Crippen LogP) is 3.67. The van der Waals surface area contributed by atoms with E-state index in [9.17, 15) is 0 Å². The van der Waals surface area contributed by atoms with E-state index in [4.69, 9.17) is 21.1 Å². The molecule has 0 amide bonds. The molecule has 24 heavy (non-hydrogen) atoms. The molecule has 0 spiro atoms. The molecule has 1 saturated heterocycles. The summed E-state index contributed by atoms with van der Waals surface area (Å²) in [7, 11) is 0. The molecule has 2 aromatic rings. The van der Waals surface area contributed by atoms with Crippen LogP contribution in [0.1, 0.15) is 29.6 Å². The molecule has 0 N–H and O–H groups in total. The van der Waals surface area contributed by atoms with Gasteiger partial charge in [0.2, 0.25) is 0 Å². The summed E-state index contributed by atoms with van der Waals surface area (Å²) in [5.74, 6) is 1.20. The third-order valence-corrected chi connectivity index (χ3v) is 5.15. The van der Waals surface area contributed by atoms with Crippen molar-refractivity contribution in [1.29, 1.82) is 0 Å². The number of ether oxygens (including phenoxy) is 2. The monoisotopic (exact) mass is 344 g/mol. The quantitative estimate of drug-likeness (QED) is 0.847. The number of hydrogen-bond donors (Lipinski definition) is 0. The Bertz CT molecular complexity index is 703. The molecule has 2 aliphatic rings. The summed E-state index contributed by atoms with van der Waals surface area (Å²) in [5.41, 5.74) is 2.68. The Morgan fingerprint density at radius 2 is 1.96 bits per heavy atom. The van der Waals surface area contributed by atoms with Crippen molar-refractivity contribution in [2.45, 2.75) is 18.4 Å². The molecule has 2 atom stereocenters. The van der Waals surface area contributed by atoms with Gasteiger partial charge in [0, 0.05) is 44.0 Å². The zero-order chi connectivity index (χ0) is 16.4. The Hall–Kier alpha value is -1.62. The molecule has 1 aliphatic carbocycles. The van der Waals surface area contributed by atoms with Gasteiger partial charge in [-0.2, -0.15) is 0 Å². The summed E-state index contributed by atoms with van der Waals surface area (Å²) in [4.78, 5) is 6.52. The van der Waals surface area contributed by atoms with Crippen LogP contribution >= 0.6 is 11.6 Å². The Kier molecular flexibility index (Phi) is 4.69. The van der Waals surface area contributed by atoms with Crippen molar-refractivity contribution in [3.8, 4) is 5.75 Å². The molecule has 1 aromatic heterocycles. The van der Waals surface area contributed by atoms with E-state index in [2.05, 4.69) is 34.1 Å². The van der Waals surface area contributed by atoms with Crippen LogP contribution in [-0.2, 0) is 4.74 Å². The highest BCUT2D eigenvalue weighted by Gasteiger charge is 2.33. The molecular weight excluding hydrogens is 324 g/mol. The molecule has 5 heteroatoms. The third kappa shape index (κ3) is 3.27. The number of nitrogens with zero attached hydrogens (tertiary/aromatic N) is 2. The van der Waals surface area contributed by atoms with Crippen molar-refractivity contribution in [3.05, 3.63) is 58.9 Å². The van der Waals surface area contributed by atoms with Crippen LogP contribution in [0, 0.1) is 0 Å². The van der Waals surface area contributed by atoms with Gasteiger partial charge in [-0.3, -0.25) is 9.88 Å². The lowest BCUT2D eigenvalue weighted by Gasteiger charge is -2.29. The van der Waals surface area contributed by atoms with E-state index in [0.717, 1.165) is 39.3 Å². The lowest BCUT2D eigenvalue weighted by atomic mass is 10.0. The predicted molar refractivity (Wildman–Crippen MR) is 93.7 cm³/mol. The Morgan fingerprint density at radius 3 is 2.75 bits per heavy atom. The Balaban J connectivity index is 1.53. The van der Waals surface area contributed by atoms with E-state index >= 15 is 0 Å². The molecule has 126 valence electrons. The summed E-state index contributed by atoms with van der Waals surface area (Å²) in [5, 5.41) is 0.562. The summed E-state index contributed by atoms with van der Waals surface area (Å²) in [6.45, 7) is 4.76. The molecule has 0 bridgehead atoms. The molecule has 0 saturated carbocycles. The molecule has 1 aliphatic heterocycles. The van der Waals surface area contributed by atoms with Gasteiger partial charge in [-0.1, -0.05) is 35.9 Å². The van der Waals surface area contributed by atoms with Crippen LogP contribution in [0.5, 0.6) is 5.75 Å². The smallest absolute Gasteiger partial charge is 0.141 e. The van der Waals surface area contributed by atoms with E-state index in [1.165, 1.54) is 11.1 Å². The summed E-state index contributed by atoms with van der Waals surface area (Å²) >= 11 is 6.21. The lowest BCUT2D eigenvalue weighted by Crippen LogP contribution is -2.38. The topological polar surface area (TPSA) is 34.6 Å².